The van der Waals surface area contributed by atoms with Gasteiger partial charge in [-0.15, -0.1) is 0 Å². The van der Waals surface area contributed by atoms with Crippen LogP contribution in [0.3, 0.4) is 0 Å². The van der Waals surface area contributed by atoms with Gasteiger partial charge in [0.05, 0.1) is 50.2 Å². The Morgan fingerprint density at radius 1 is 1.12 bits per heavy atom. The molecule has 9 heteroatoms. The zero-order chi connectivity index (χ0) is 18.1. The quantitative estimate of drug-likeness (QED) is 0.518. The molecule has 0 aliphatic carbocycles. The minimum absolute atomic E-state index is 0.0386. The summed E-state index contributed by atoms with van der Waals surface area (Å²) in [7, 11) is 1.61. The lowest BCUT2D eigenvalue weighted by Crippen LogP contribution is -2.32. The molecule has 0 aliphatic rings. The molecule has 140 valence electrons. The predicted octanol–water partition coefficient (Wildman–Crippen LogP) is 1.63. The number of furan rings is 1. The van der Waals surface area contributed by atoms with Gasteiger partial charge >= 0.3 is 0 Å². The molecule has 0 aliphatic heterocycles. The van der Waals surface area contributed by atoms with Crippen molar-refractivity contribution in [1.29, 1.82) is 0 Å². The second-order valence-corrected chi connectivity index (χ2v) is 5.97. The number of aliphatic hydroxyl groups excluding tert-OH is 1. The van der Waals surface area contributed by atoms with Crippen LogP contribution in [0.5, 0.6) is 0 Å². The summed E-state index contributed by atoms with van der Waals surface area (Å²) in [5.74, 6) is 0.405. The average molecular weight is 420 g/mol. The van der Waals surface area contributed by atoms with Gasteiger partial charge in [-0.2, -0.15) is 0 Å². The molecule has 2 aromatic rings. The standard InChI is InChI=1S/C16H22BrNO7/c1-21-8-9-23-6-3-18(2-5-22-7-4-19)14-10-13(20)16-15(25-14)12(17)11-24-16/h10-11,19H,2-9H2,1H3. The molecule has 0 spiro atoms. The number of rotatable bonds is 12. The number of halogens is 1. The summed E-state index contributed by atoms with van der Waals surface area (Å²) < 4.78 is 27.3. The Morgan fingerprint density at radius 2 is 1.84 bits per heavy atom. The molecule has 2 aromatic heterocycles. The first kappa shape index (κ1) is 19.9. The summed E-state index contributed by atoms with van der Waals surface area (Å²) in [6, 6.07) is 1.39. The Morgan fingerprint density at radius 3 is 2.52 bits per heavy atom. The molecule has 0 radical (unpaired) electrons. The van der Waals surface area contributed by atoms with E-state index >= 15 is 0 Å². The molecular formula is C16H22BrNO7. The highest BCUT2D eigenvalue weighted by Gasteiger charge is 2.16. The summed E-state index contributed by atoms with van der Waals surface area (Å²) in [6.07, 6.45) is 1.42. The lowest BCUT2D eigenvalue weighted by Gasteiger charge is -2.23. The Labute approximate surface area is 153 Å². The lowest BCUT2D eigenvalue weighted by molar-refractivity contribution is 0.0716. The molecule has 0 fully saturated rings. The molecule has 0 aromatic carbocycles. The highest BCUT2D eigenvalue weighted by molar-refractivity contribution is 9.10. The summed E-state index contributed by atoms with van der Waals surface area (Å²) in [4.78, 5) is 14.0. The van der Waals surface area contributed by atoms with E-state index in [2.05, 4.69) is 15.9 Å². The first-order valence-corrected chi connectivity index (χ1v) is 8.67. The van der Waals surface area contributed by atoms with Gasteiger partial charge < -0.3 is 33.1 Å². The van der Waals surface area contributed by atoms with Crippen LogP contribution >= 0.6 is 15.9 Å². The van der Waals surface area contributed by atoms with E-state index in [1.165, 1.54) is 12.3 Å². The molecule has 0 atom stereocenters. The van der Waals surface area contributed by atoms with Gasteiger partial charge in [0.25, 0.3) is 0 Å². The number of anilines is 1. The number of ether oxygens (including phenoxy) is 3. The van der Waals surface area contributed by atoms with Crippen LogP contribution in [0.25, 0.3) is 11.2 Å². The summed E-state index contributed by atoms with van der Waals surface area (Å²) in [5, 5.41) is 8.79. The van der Waals surface area contributed by atoms with Crippen molar-refractivity contribution >= 4 is 33.0 Å². The Balaban J connectivity index is 2.09. The van der Waals surface area contributed by atoms with Gasteiger partial charge in [-0.1, -0.05) is 0 Å². The van der Waals surface area contributed by atoms with E-state index in [-0.39, 0.29) is 24.2 Å². The van der Waals surface area contributed by atoms with E-state index in [1.807, 2.05) is 4.90 Å². The fourth-order valence-electron chi connectivity index (χ4n) is 2.15. The van der Waals surface area contributed by atoms with Gasteiger partial charge in [0.2, 0.25) is 16.9 Å². The Kier molecular flexibility index (Phi) is 8.42. The normalized spacial score (nSPS) is 11.3. The largest absolute Gasteiger partial charge is 0.456 e. The lowest BCUT2D eigenvalue weighted by atomic mass is 10.3. The third kappa shape index (κ3) is 5.82. The number of nitrogens with zero attached hydrogens (tertiary/aromatic N) is 1. The van der Waals surface area contributed by atoms with Gasteiger partial charge in [-0.05, 0) is 15.9 Å². The maximum Gasteiger partial charge on any atom is 0.230 e. The van der Waals surface area contributed by atoms with E-state index in [4.69, 9.17) is 28.2 Å². The number of fused-ring (bicyclic) bond motifs is 1. The van der Waals surface area contributed by atoms with Gasteiger partial charge in [-0.3, -0.25) is 4.79 Å². The van der Waals surface area contributed by atoms with Crippen LogP contribution in [0.2, 0.25) is 0 Å². The summed E-state index contributed by atoms with van der Waals surface area (Å²) in [6.45, 7) is 3.04. The summed E-state index contributed by atoms with van der Waals surface area (Å²) >= 11 is 3.30. The molecule has 0 amide bonds. The molecular weight excluding hydrogens is 398 g/mol. The van der Waals surface area contributed by atoms with Crippen LogP contribution in [0.4, 0.5) is 5.88 Å². The number of aliphatic hydroxyl groups is 1. The maximum atomic E-state index is 12.2. The van der Waals surface area contributed by atoms with Crippen LogP contribution in [-0.2, 0) is 14.2 Å². The molecule has 25 heavy (non-hydrogen) atoms. The maximum absolute atomic E-state index is 12.2. The van der Waals surface area contributed by atoms with Crippen molar-refractivity contribution in [2.45, 2.75) is 0 Å². The van der Waals surface area contributed by atoms with E-state index in [9.17, 15) is 4.79 Å². The van der Waals surface area contributed by atoms with Crippen LogP contribution in [-0.4, -0.2) is 64.9 Å². The molecule has 1 N–H and O–H groups in total. The highest BCUT2D eigenvalue weighted by Crippen LogP contribution is 2.27. The van der Waals surface area contributed by atoms with Crippen LogP contribution < -0.4 is 10.3 Å². The van der Waals surface area contributed by atoms with Gasteiger partial charge in [0.1, 0.15) is 6.26 Å². The number of hydrogen-bond donors (Lipinski definition) is 1. The smallest absolute Gasteiger partial charge is 0.230 e. The third-order valence-electron chi connectivity index (χ3n) is 3.38. The monoisotopic (exact) mass is 419 g/mol. The predicted molar refractivity (Wildman–Crippen MR) is 95.3 cm³/mol. The third-order valence-corrected chi connectivity index (χ3v) is 3.93. The average Bonchev–Trinajstić information content (AvgIpc) is 2.98. The van der Waals surface area contributed by atoms with Crippen molar-refractivity contribution in [2.75, 3.05) is 64.7 Å². The van der Waals surface area contributed by atoms with Gasteiger partial charge in [0, 0.05) is 20.2 Å². The summed E-state index contributed by atoms with van der Waals surface area (Å²) in [5.41, 5.74) is 0.274. The fraction of sp³-hybridized carbons (Fsp3) is 0.562. The van der Waals surface area contributed by atoms with Crippen molar-refractivity contribution < 1.29 is 28.2 Å². The molecule has 2 heterocycles. The molecule has 0 saturated heterocycles. The van der Waals surface area contributed by atoms with E-state index in [1.54, 1.807) is 7.11 Å². The van der Waals surface area contributed by atoms with E-state index < -0.39 is 0 Å². The minimum Gasteiger partial charge on any atom is -0.456 e. The van der Waals surface area contributed by atoms with Crippen LogP contribution in [0.1, 0.15) is 0 Å². The van der Waals surface area contributed by atoms with Crippen molar-refractivity contribution in [3.8, 4) is 0 Å². The van der Waals surface area contributed by atoms with Crippen molar-refractivity contribution in [1.82, 2.24) is 0 Å². The topological polar surface area (TPSA) is 94.5 Å². The zero-order valence-electron chi connectivity index (χ0n) is 14.0. The molecule has 0 bridgehead atoms. The zero-order valence-corrected chi connectivity index (χ0v) is 15.6. The Bertz CT molecular complexity index is 699. The molecule has 2 rings (SSSR count). The second-order valence-electron chi connectivity index (χ2n) is 5.12. The van der Waals surface area contributed by atoms with Crippen molar-refractivity contribution in [3.63, 3.8) is 0 Å². The Hall–Kier alpha value is -1.39. The van der Waals surface area contributed by atoms with E-state index in [0.717, 1.165) is 0 Å². The van der Waals surface area contributed by atoms with Crippen molar-refractivity contribution in [2.24, 2.45) is 0 Å². The van der Waals surface area contributed by atoms with Crippen LogP contribution in [0.15, 0.2) is 30.4 Å². The molecule has 8 nitrogen and oxygen atoms in total. The first-order valence-electron chi connectivity index (χ1n) is 7.88. The molecule has 0 saturated carbocycles. The SMILES string of the molecule is COCCOCCN(CCOCCO)c1cc(=O)c2occ(Br)c2o1. The van der Waals surface area contributed by atoms with Gasteiger partial charge in [-0.25, -0.2) is 0 Å². The first-order chi connectivity index (χ1) is 12.2. The number of methoxy groups -OCH3 is 1. The minimum atomic E-state index is -0.261. The second kappa shape index (κ2) is 10.6. The fourth-order valence-corrected chi connectivity index (χ4v) is 2.51. The highest BCUT2D eigenvalue weighted by atomic mass is 79.9. The van der Waals surface area contributed by atoms with Gasteiger partial charge in [0.15, 0.2) is 5.58 Å². The van der Waals surface area contributed by atoms with E-state index in [0.29, 0.717) is 55.5 Å². The van der Waals surface area contributed by atoms with Crippen molar-refractivity contribution in [3.05, 3.63) is 27.0 Å². The number of hydrogen-bond acceptors (Lipinski definition) is 8. The van der Waals surface area contributed by atoms with Crippen LogP contribution in [0, 0.1) is 0 Å². The molecule has 0 unspecified atom stereocenters.